The summed E-state index contributed by atoms with van der Waals surface area (Å²) in [5, 5.41) is 9.28. The number of unbranched alkanes of at least 4 members (excludes halogenated alkanes) is 2. The molecule has 2 rings (SSSR count). The molecule has 2 fully saturated rings. The highest BCUT2D eigenvalue weighted by Crippen LogP contribution is 2.17. The minimum Gasteiger partial charge on any atom is -0.341 e. The summed E-state index contributed by atoms with van der Waals surface area (Å²) in [6.07, 6.45) is 11.7. The predicted octanol–water partition coefficient (Wildman–Crippen LogP) is 2.81. The van der Waals surface area contributed by atoms with E-state index in [1.54, 1.807) is 0 Å². The van der Waals surface area contributed by atoms with Gasteiger partial charge < -0.3 is 20.9 Å². The van der Waals surface area contributed by atoms with Crippen molar-refractivity contribution < 1.29 is 9.59 Å². The summed E-state index contributed by atoms with van der Waals surface area (Å²) in [6.45, 7) is 2.44. The van der Waals surface area contributed by atoms with Crippen LogP contribution >= 0.6 is 12.4 Å². The van der Waals surface area contributed by atoms with E-state index in [2.05, 4.69) is 16.0 Å². The van der Waals surface area contributed by atoms with Crippen molar-refractivity contribution in [1.29, 1.82) is 0 Å². The van der Waals surface area contributed by atoms with Crippen molar-refractivity contribution in [1.82, 2.24) is 20.9 Å². The molecule has 26 heavy (non-hydrogen) atoms. The highest BCUT2D eigenvalue weighted by molar-refractivity contribution is 5.85. The number of carbonyl (C=O) groups excluding carboxylic acids is 2. The van der Waals surface area contributed by atoms with E-state index in [-0.39, 0.29) is 24.3 Å². The first-order valence-corrected chi connectivity index (χ1v) is 10.2. The minimum atomic E-state index is -0.0330. The lowest BCUT2D eigenvalue weighted by molar-refractivity contribution is -0.132. The van der Waals surface area contributed by atoms with E-state index in [0.717, 1.165) is 58.0 Å². The van der Waals surface area contributed by atoms with Crippen LogP contribution in [-0.2, 0) is 4.79 Å². The fraction of sp³-hybridized carbons (Fsp3) is 0.895. The molecule has 0 aromatic heterocycles. The number of likely N-dealkylation sites (N-methyl/N-ethyl adjacent to an activating group) is 1. The van der Waals surface area contributed by atoms with Gasteiger partial charge in [-0.25, -0.2) is 4.79 Å². The Labute approximate surface area is 164 Å². The zero-order valence-electron chi connectivity index (χ0n) is 16.2. The smallest absolute Gasteiger partial charge is 0.315 e. The van der Waals surface area contributed by atoms with Gasteiger partial charge >= 0.3 is 6.03 Å². The predicted molar refractivity (Wildman–Crippen MR) is 108 cm³/mol. The third-order valence-corrected chi connectivity index (χ3v) is 5.48. The van der Waals surface area contributed by atoms with Crippen LogP contribution in [0.15, 0.2) is 0 Å². The van der Waals surface area contributed by atoms with Gasteiger partial charge in [0.1, 0.15) is 0 Å². The summed E-state index contributed by atoms with van der Waals surface area (Å²) >= 11 is 0. The number of hydrogen-bond acceptors (Lipinski definition) is 3. The first kappa shape index (κ1) is 23.0. The molecule has 1 atom stereocenters. The first-order valence-electron chi connectivity index (χ1n) is 10.2. The molecule has 3 amide bonds. The summed E-state index contributed by atoms with van der Waals surface area (Å²) in [4.78, 5) is 26.1. The van der Waals surface area contributed by atoms with Crippen LogP contribution < -0.4 is 16.0 Å². The topological polar surface area (TPSA) is 73.5 Å². The number of likely N-dealkylation sites (tertiary alicyclic amines) is 1. The zero-order chi connectivity index (χ0) is 17.9. The van der Waals surface area contributed by atoms with Gasteiger partial charge in [0.15, 0.2) is 0 Å². The molecule has 1 heterocycles. The first-order chi connectivity index (χ1) is 12.2. The van der Waals surface area contributed by atoms with E-state index >= 15 is 0 Å². The van der Waals surface area contributed by atoms with E-state index in [9.17, 15) is 9.59 Å². The minimum absolute atomic E-state index is 0. The molecule has 2 aliphatic rings. The van der Waals surface area contributed by atoms with Crippen LogP contribution in [0.3, 0.4) is 0 Å². The van der Waals surface area contributed by atoms with Gasteiger partial charge in [0.25, 0.3) is 0 Å². The summed E-state index contributed by atoms with van der Waals surface area (Å²) in [5.41, 5.74) is 0. The number of amides is 3. The van der Waals surface area contributed by atoms with Crippen molar-refractivity contribution in [2.24, 2.45) is 0 Å². The van der Waals surface area contributed by atoms with E-state index in [1.165, 1.54) is 19.3 Å². The van der Waals surface area contributed by atoms with E-state index in [1.807, 2.05) is 11.9 Å². The number of carbonyl (C=O) groups is 2. The molecular weight excluding hydrogens is 352 g/mol. The van der Waals surface area contributed by atoms with Gasteiger partial charge in [-0.3, -0.25) is 4.79 Å². The zero-order valence-corrected chi connectivity index (χ0v) is 17.0. The summed E-state index contributed by atoms with van der Waals surface area (Å²) in [6, 6.07) is 0.774. The molecule has 152 valence electrons. The van der Waals surface area contributed by atoms with Crippen LogP contribution in [-0.4, -0.2) is 55.6 Å². The van der Waals surface area contributed by atoms with Crippen LogP contribution in [0.1, 0.15) is 70.6 Å². The Morgan fingerprint density at radius 2 is 1.69 bits per heavy atom. The molecule has 3 N–H and O–H groups in total. The Morgan fingerprint density at radius 3 is 2.42 bits per heavy atom. The molecule has 1 unspecified atom stereocenters. The van der Waals surface area contributed by atoms with Crippen molar-refractivity contribution in [3.8, 4) is 0 Å². The average molecular weight is 389 g/mol. The summed E-state index contributed by atoms with van der Waals surface area (Å²) < 4.78 is 0. The van der Waals surface area contributed by atoms with Crippen LogP contribution in [0.2, 0.25) is 0 Å². The van der Waals surface area contributed by atoms with Gasteiger partial charge in [-0.05, 0) is 45.6 Å². The molecule has 1 saturated carbocycles. The summed E-state index contributed by atoms with van der Waals surface area (Å²) in [7, 11) is 1.97. The SMILES string of the molecule is CNC1CCCN(C(=O)CCCCCNC(=O)NC2CCCCC2)C1.Cl. The highest BCUT2D eigenvalue weighted by atomic mass is 35.5. The lowest BCUT2D eigenvalue weighted by Gasteiger charge is -2.32. The maximum absolute atomic E-state index is 12.2. The third-order valence-electron chi connectivity index (χ3n) is 5.48. The molecule has 0 aromatic carbocycles. The van der Waals surface area contributed by atoms with Crippen LogP contribution in [0.25, 0.3) is 0 Å². The fourth-order valence-corrected chi connectivity index (χ4v) is 3.86. The van der Waals surface area contributed by atoms with Gasteiger partial charge in [-0.15, -0.1) is 12.4 Å². The van der Waals surface area contributed by atoms with Crippen molar-refractivity contribution in [3.63, 3.8) is 0 Å². The maximum atomic E-state index is 12.2. The number of piperidine rings is 1. The van der Waals surface area contributed by atoms with Gasteiger partial charge in [-0.1, -0.05) is 25.7 Å². The maximum Gasteiger partial charge on any atom is 0.315 e. The molecule has 0 aromatic rings. The number of urea groups is 1. The standard InChI is InChI=1S/C19H36N4O2.ClH/c1-20-17-11-8-14-23(15-17)18(24)12-6-3-7-13-21-19(25)22-16-9-4-2-5-10-16;/h16-17,20H,2-15H2,1H3,(H2,21,22,25);1H. The van der Waals surface area contributed by atoms with E-state index in [0.29, 0.717) is 25.0 Å². The second-order valence-corrected chi connectivity index (χ2v) is 7.51. The van der Waals surface area contributed by atoms with Crippen LogP contribution in [0, 0.1) is 0 Å². The largest absolute Gasteiger partial charge is 0.341 e. The lowest BCUT2D eigenvalue weighted by Crippen LogP contribution is -2.46. The molecule has 1 saturated heterocycles. The van der Waals surface area contributed by atoms with Crippen molar-refractivity contribution >= 4 is 24.3 Å². The number of hydrogen-bond donors (Lipinski definition) is 3. The molecule has 1 aliphatic carbocycles. The molecule has 0 spiro atoms. The Bertz CT molecular complexity index is 416. The number of halogens is 1. The van der Waals surface area contributed by atoms with Gasteiger partial charge in [0.2, 0.25) is 5.91 Å². The molecule has 1 aliphatic heterocycles. The Morgan fingerprint density at radius 1 is 0.962 bits per heavy atom. The average Bonchev–Trinajstić information content (AvgIpc) is 2.65. The van der Waals surface area contributed by atoms with Crippen LogP contribution in [0.4, 0.5) is 4.79 Å². The molecule has 6 nitrogen and oxygen atoms in total. The number of rotatable bonds is 8. The molecule has 0 radical (unpaired) electrons. The molecular formula is C19H37ClN4O2. The Balaban J connectivity index is 0.00000338. The highest BCUT2D eigenvalue weighted by Gasteiger charge is 2.21. The quantitative estimate of drug-likeness (QED) is 0.560. The third kappa shape index (κ3) is 8.58. The lowest BCUT2D eigenvalue weighted by atomic mass is 9.96. The van der Waals surface area contributed by atoms with Gasteiger partial charge in [-0.2, -0.15) is 0 Å². The van der Waals surface area contributed by atoms with E-state index < -0.39 is 0 Å². The van der Waals surface area contributed by atoms with Crippen molar-refractivity contribution in [2.45, 2.75) is 82.7 Å². The fourth-order valence-electron chi connectivity index (χ4n) is 3.86. The van der Waals surface area contributed by atoms with Crippen LogP contribution in [0.5, 0.6) is 0 Å². The summed E-state index contributed by atoms with van der Waals surface area (Å²) in [5.74, 6) is 0.281. The van der Waals surface area contributed by atoms with E-state index in [4.69, 9.17) is 0 Å². The number of nitrogens with one attached hydrogen (secondary N) is 3. The van der Waals surface area contributed by atoms with Crippen molar-refractivity contribution in [3.05, 3.63) is 0 Å². The normalized spacial score (nSPS) is 21.0. The molecule has 0 bridgehead atoms. The van der Waals surface area contributed by atoms with Gasteiger partial charge in [0.05, 0.1) is 0 Å². The Hall–Kier alpha value is -1.01. The molecule has 7 heteroatoms. The monoisotopic (exact) mass is 388 g/mol. The second-order valence-electron chi connectivity index (χ2n) is 7.51. The second kappa shape index (κ2) is 13.2. The van der Waals surface area contributed by atoms with Crippen molar-refractivity contribution in [2.75, 3.05) is 26.7 Å². The number of nitrogens with zero attached hydrogens (tertiary/aromatic N) is 1. The Kier molecular flexibility index (Phi) is 11.7. The van der Waals surface area contributed by atoms with Gasteiger partial charge in [0, 0.05) is 38.1 Å².